The third-order valence-corrected chi connectivity index (χ3v) is 3.11. The molecule has 0 atom stereocenters. The summed E-state index contributed by atoms with van der Waals surface area (Å²) in [6.45, 7) is 2.90. The fourth-order valence-electron chi connectivity index (χ4n) is 1.67. The van der Waals surface area contributed by atoms with Gasteiger partial charge < -0.3 is 9.47 Å². The number of carbonyl (C=O) groups is 1. The van der Waals surface area contributed by atoms with E-state index in [9.17, 15) is 4.79 Å². The van der Waals surface area contributed by atoms with E-state index in [1.165, 1.54) is 5.56 Å². The van der Waals surface area contributed by atoms with Crippen LogP contribution in [0.1, 0.15) is 16.7 Å². The normalized spacial score (nSPS) is 10.1. The van der Waals surface area contributed by atoms with Crippen LogP contribution >= 0.6 is 22.6 Å². The number of halogens is 1. The molecule has 0 bridgehead atoms. The minimum Gasteiger partial charge on any atom is -0.489 e. The van der Waals surface area contributed by atoms with Gasteiger partial charge in [0.25, 0.3) is 0 Å². The molecule has 2 aromatic rings. The number of hydrogen-bond acceptors (Lipinski definition) is 3. The second-order valence-corrected chi connectivity index (χ2v) is 5.33. The molecule has 0 N–H and O–H groups in total. The van der Waals surface area contributed by atoms with Crippen molar-refractivity contribution in [2.75, 3.05) is 0 Å². The highest BCUT2D eigenvalue weighted by molar-refractivity contribution is 14.1. The van der Waals surface area contributed by atoms with Gasteiger partial charge in [-0.1, -0.05) is 42.0 Å². The van der Waals surface area contributed by atoms with E-state index in [1.54, 1.807) is 22.6 Å². The van der Waals surface area contributed by atoms with Crippen LogP contribution in [0.4, 0.5) is 4.79 Å². The molecule has 2 aromatic carbocycles. The third-order valence-electron chi connectivity index (χ3n) is 2.80. The summed E-state index contributed by atoms with van der Waals surface area (Å²) in [5.74, 6) is 0.801. The Morgan fingerprint density at radius 3 is 2.10 bits per heavy atom. The molecule has 0 spiro atoms. The quantitative estimate of drug-likeness (QED) is 0.558. The van der Waals surface area contributed by atoms with E-state index in [4.69, 9.17) is 9.47 Å². The van der Waals surface area contributed by atoms with Gasteiger partial charge in [0.15, 0.2) is 0 Å². The van der Waals surface area contributed by atoms with Crippen LogP contribution in [0.3, 0.4) is 0 Å². The lowest BCUT2D eigenvalue weighted by Gasteiger charge is -2.07. The molecule has 4 heteroatoms. The minimum atomic E-state index is -0.303. The summed E-state index contributed by atoms with van der Waals surface area (Å²) in [5, 5.41) is 0. The van der Waals surface area contributed by atoms with Crippen LogP contribution in [0, 0.1) is 6.92 Å². The second kappa shape index (κ2) is 7.28. The molecule has 20 heavy (non-hydrogen) atoms. The number of benzene rings is 2. The average molecular weight is 382 g/mol. The Bertz CT molecular complexity index is 561. The molecule has 0 aliphatic rings. The van der Waals surface area contributed by atoms with Crippen molar-refractivity contribution in [3.63, 3.8) is 0 Å². The van der Waals surface area contributed by atoms with Crippen molar-refractivity contribution in [1.82, 2.24) is 0 Å². The Labute approximate surface area is 132 Å². The summed E-state index contributed by atoms with van der Waals surface area (Å²) in [5.41, 5.74) is 3.32. The molecule has 2 rings (SSSR count). The Hall–Kier alpha value is -1.56. The first kappa shape index (κ1) is 14.8. The van der Waals surface area contributed by atoms with E-state index in [-0.39, 0.29) is 3.98 Å². The lowest BCUT2D eigenvalue weighted by Crippen LogP contribution is -1.97. The van der Waals surface area contributed by atoms with Crippen molar-refractivity contribution >= 4 is 26.6 Å². The molecular formula is C16H15IO3. The van der Waals surface area contributed by atoms with E-state index in [1.807, 2.05) is 24.3 Å². The highest BCUT2D eigenvalue weighted by Crippen LogP contribution is 2.15. The van der Waals surface area contributed by atoms with Crippen LogP contribution in [0.15, 0.2) is 48.5 Å². The fourth-order valence-corrected chi connectivity index (χ4v) is 1.83. The Balaban J connectivity index is 1.87. The van der Waals surface area contributed by atoms with Crippen LogP contribution in [-0.2, 0) is 18.0 Å². The maximum atomic E-state index is 10.7. The highest BCUT2D eigenvalue weighted by atomic mass is 127. The van der Waals surface area contributed by atoms with Crippen molar-refractivity contribution in [1.29, 1.82) is 0 Å². The van der Waals surface area contributed by atoms with Gasteiger partial charge >= 0.3 is 3.98 Å². The Morgan fingerprint density at radius 2 is 1.50 bits per heavy atom. The van der Waals surface area contributed by atoms with Gasteiger partial charge in [-0.3, -0.25) is 0 Å². The van der Waals surface area contributed by atoms with Gasteiger partial charge in [-0.05, 0) is 30.2 Å². The topological polar surface area (TPSA) is 35.5 Å². The van der Waals surface area contributed by atoms with Crippen LogP contribution in [-0.4, -0.2) is 3.98 Å². The standard InChI is InChI=1S/C16H15IO3/c1-12-2-4-13(5-3-12)10-19-15-8-6-14(7-9-15)11-20-16(17)18/h2-9H,10-11H2,1H3. The summed E-state index contributed by atoms with van der Waals surface area (Å²) >= 11 is 1.61. The predicted octanol–water partition coefficient (Wildman–Crippen LogP) is 4.65. The van der Waals surface area contributed by atoms with E-state index in [2.05, 4.69) is 31.2 Å². The summed E-state index contributed by atoms with van der Waals surface area (Å²) in [7, 11) is 0. The van der Waals surface area contributed by atoms with Crippen LogP contribution < -0.4 is 4.74 Å². The van der Waals surface area contributed by atoms with E-state index in [0.717, 1.165) is 16.9 Å². The van der Waals surface area contributed by atoms with Crippen LogP contribution in [0.5, 0.6) is 5.75 Å². The van der Waals surface area contributed by atoms with E-state index < -0.39 is 0 Å². The lowest BCUT2D eigenvalue weighted by atomic mass is 10.2. The highest BCUT2D eigenvalue weighted by Gasteiger charge is 1.99. The van der Waals surface area contributed by atoms with Crippen molar-refractivity contribution in [2.45, 2.75) is 20.1 Å². The molecule has 0 aliphatic heterocycles. The monoisotopic (exact) mass is 382 g/mol. The second-order valence-electron chi connectivity index (χ2n) is 4.44. The first-order valence-electron chi connectivity index (χ1n) is 6.23. The maximum absolute atomic E-state index is 10.7. The van der Waals surface area contributed by atoms with Gasteiger partial charge in [0.2, 0.25) is 0 Å². The maximum Gasteiger partial charge on any atom is 0.367 e. The number of ether oxygens (including phenoxy) is 2. The summed E-state index contributed by atoms with van der Waals surface area (Å²) in [4.78, 5) is 10.7. The van der Waals surface area contributed by atoms with Gasteiger partial charge in [-0.25, -0.2) is 4.79 Å². The molecule has 0 unspecified atom stereocenters. The van der Waals surface area contributed by atoms with E-state index in [0.29, 0.717) is 13.2 Å². The SMILES string of the molecule is Cc1ccc(COc2ccc(COC(=O)I)cc2)cc1. The zero-order valence-corrected chi connectivity index (χ0v) is 13.3. The van der Waals surface area contributed by atoms with Crippen LogP contribution in [0.25, 0.3) is 0 Å². The number of carbonyl (C=O) groups excluding carboxylic acids is 1. The Kier molecular flexibility index (Phi) is 5.40. The molecule has 0 radical (unpaired) electrons. The molecule has 0 heterocycles. The Morgan fingerprint density at radius 1 is 0.950 bits per heavy atom. The zero-order valence-electron chi connectivity index (χ0n) is 11.1. The number of hydrogen-bond donors (Lipinski definition) is 0. The number of aryl methyl sites for hydroxylation is 1. The van der Waals surface area contributed by atoms with Crippen LogP contribution in [0.2, 0.25) is 0 Å². The fraction of sp³-hybridized carbons (Fsp3) is 0.188. The molecular weight excluding hydrogens is 367 g/mol. The van der Waals surface area contributed by atoms with Gasteiger partial charge in [0, 0.05) is 0 Å². The molecule has 0 aliphatic carbocycles. The minimum absolute atomic E-state index is 0.292. The molecule has 3 nitrogen and oxygen atoms in total. The molecule has 0 amide bonds. The largest absolute Gasteiger partial charge is 0.489 e. The molecule has 0 saturated carbocycles. The van der Waals surface area contributed by atoms with Crippen molar-refractivity contribution in [3.05, 3.63) is 65.2 Å². The predicted molar refractivity (Wildman–Crippen MR) is 86.2 cm³/mol. The number of rotatable bonds is 5. The average Bonchev–Trinajstić information content (AvgIpc) is 2.45. The summed E-state index contributed by atoms with van der Waals surface area (Å²) in [6.07, 6.45) is 0. The van der Waals surface area contributed by atoms with E-state index >= 15 is 0 Å². The first-order valence-corrected chi connectivity index (χ1v) is 7.31. The van der Waals surface area contributed by atoms with Crippen molar-refractivity contribution in [3.8, 4) is 5.75 Å². The molecule has 0 aromatic heterocycles. The lowest BCUT2D eigenvalue weighted by molar-refractivity contribution is 0.172. The molecule has 104 valence electrons. The summed E-state index contributed by atoms with van der Waals surface area (Å²) in [6, 6.07) is 15.8. The summed E-state index contributed by atoms with van der Waals surface area (Å²) < 4.78 is 10.3. The molecule has 0 fully saturated rings. The van der Waals surface area contributed by atoms with Crippen molar-refractivity contribution in [2.24, 2.45) is 0 Å². The molecule has 0 saturated heterocycles. The van der Waals surface area contributed by atoms with Gasteiger partial charge in [0.1, 0.15) is 19.0 Å². The third kappa shape index (κ3) is 4.85. The van der Waals surface area contributed by atoms with Gasteiger partial charge in [0.05, 0.1) is 22.6 Å². The van der Waals surface area contributed by atoms with Gasteiger partial charge in [-0.15, -0.1) is 0 Å². The zero-order chi connectivity index (χ0) is 14.4. The smallest absolute Gasteiger partial charge is 0.367 e. The van der Waals surface area contributed by atoms with Gasteiger partial charge in [-0.2, -0.15) is 0 Å². The first-order chi connectivity index (χ1) is 9.63. The van der Waals surface area contributed by atoms with Crippen molar-refractivity contribution < 1.29 is 14.3 Å².